The van der Waals surface area contributed by atoms with E-state index >= 15 is 0 Å². The Bertz CT molecular complexity index is 1240. The molecule has 196 valence electrons. The van der Waals surface area contributed by atoms with E-state index in [4.69, 9.17) is 14.5 Å². The van der Waals surface area contributed by atoms with Crippen LogP contribution in [0.1, 0.15) is 27.2 Å². The minimum Gasteiger partial charge on any atom is -0.444 e. The Balaban J connectivity index is 1.35. The normalized spacial score (nSPS) is 18.3. The van der Waals surface area contributed by atoms with Gasteiger partial charge in [-0.2, -0.15) is 0 Å². The highest BCUT2D eigenvalue weighted by atomic mass is 16.6. The largest absolute Gasteiger partial charge is 0.444 e. The van der Waals surface area contributed by atoms with Crippen LogP contribution in [-0.2, 0) is 9.47 Å². The molecule has 37 heavy (non-hydrogen) atoms. The van der Waals surface area contributed by atoms with Crippen molar-refractivity contribution < 1.29 is 14.3 Å². The Kier molecular flexibility index (Phi) is 7.15. The van der Waals surface area contributed by atoms with E-state index < -0.39 is 5.60 Å². The molecular formula is C28H36N6O3. The summed E-state index contributed by atoms with van der Waals surface area (Å²) in [5, 5.41) is 0. The summed E-state index contributed by atoms with van der Waals surface area (Å²) in [5.41, 5.74) is 4.25. The first-order valence-electron chi connectivity index (χ1n) is 13.0. The molecule has 2 saturated heterocycles. The Morgan fingerprint density at radius 2 is 1.81 bits per heavy atom. The summed E-state index contributed by atoms with van der Waals surface area (Å²) in [4.78, 5) is 33.0. The lowest BCUT2D eigenvalue weighted by Gasteiger charge is -2.29. The van der Waals surface area contributed by atoms with Gasteiger partial charge in [-0.3, -0.25) is 4.98 Å². The SMILES string of the molecule is CN(C[C@@H]1CCN(c2nc(-c3ccc(N4CCOCC4)cc3)cc3nccnc23)C1)C(=O)OC(C)(C)C. The average Bonchev–Trinajstić information content (AvgIpc) is 3.36. The second-order valence-electron chi connectivity index (χ2n) is 10.9. The number of pyridine rings is 1. The highest BCUT2D eigenvalue weighted by Gasteiger charge is 2.29. The summed E-state index contributed by atoms with van der Waals surface area (Å²) in [6.45, 7) is 11.3. The van der Waals surface area contributed by atoms with Gasteiger partial charge < -0.3 is 24.2 Å². The van der Waals surface area contributed by atoms with Crippen molar-refractivity contribution in [3.63, 3.8) is 0 Å². The van der Waals surface area contributed by atoms with E-state index in [2.05, 4.69) is 44.0 Å². The molecule has 1 amide bonds. The van der Waals surface area contributed by atoms with Gasteiger partial charge in [0, 0.05) is 63.4 Å². The molecule has 2 fully saturated rings. The number of rotatable bonds is 5. The van der Waals surface area contributed by atoms with Crippen molar-refractivity contribution in [3.8, 4) is 11.3 Å². The van der Waals surface area contributed by atoms with E-state index in [1.807, 2.05) is 26.8 Å². The smallest absolute Gasteiger partial charge is 0.410 e. The number of carbonyl (C=O) groups is 1. The molecule has 0 unspecified atom stereocenters. The number of anilines is 2. The molecule has 5 rings (SSSR count). The fourth-order valence-electron chi connectivity index (χ4n) is 4.96. The molecule has 9 nitrogen and oxygen atoms in total. The zero-order chi connectivity index (χ0) is 26.0. The average molecular weight is 505 g/mol. The predicted molar refractivity (Wildman–Crippen MR) is 145 cm³/mol. The number of ether oxygens (including phenoxy) is 2. The fourth-order valence-corrected chi connectivity index (χ4v) is 4.96. The Hall–Kier alpha value is -3.46. The first kappa shape index (κ1) is 25.2. The number of benzene rings is 1. The van der Waals surface area contributed by atoms with Crippen molar-refractivity contribution in [3.05, 3.63) is 42.7 Å². The Morgan fingerprint density at radius 3 is 2.54 bits per heavy atom. The van der Waals surface area contributed by atoms with Gasteiger partial charge in [0.2, 0.25) is 0 Å². The number of hydrogen-bond acceptors (Lipinski definition) is 8. The van der Waals surface area contributed by atoms with E-state index in [1.165, 1.54) is 5.69 Å². The molecule has 3 aromatic rings. The van der Waals surface area contributed by atoms with Gasteiger partial charge >= 0.3 is 6.09 Å². The van der Waals surface area contributed by atoms with Gasteiger partial charge in [-0.25, -0.2) is 14.8 Å². The standard InChI is InChI=1S/C28H36N6O3/c1-28(2,3)37-27(35)32(4)18-20-9-12-34(19-20)26-25-24(29-10-11-30-25)17-23(31-26)21-5-7-22(8-6-21)33-13-15-36-16-14-33/h5-8,10-11,17,20H,9,12-16,18-19H2,1-4H3/t20-/m0/s1. The minimum atomic E-state index is -0.505. The fraction of sp³-hybridized carbons (Fsp3) is 0.500. The van der Waals surface area contributed by atoms with Crippen LogP contribution in [0.3, 0.4) is 0 Å². The lowest BCUT2D eigenvalue weighted by Crippen LogP contribution is -2.37. The van der Waals surface area contributed by atoms with Crippen LogP contribution in [0.2, 0.25) is 0 Å². The van der Waals surface area contributed by atoms with Crippen LogP contribution in [0.5, 0.6) is 0 Å². The molecule has 2 aliphatic rings. The summed E-state index contributed by atoms with van der Waals surface area (Å²) in [7, 11) is 1.80. The molecule has 0 radical (unpaired) electrons. The van der Waals surface area contributed by atoms with E-state index in [0.717, 1.165) is 73.9 Å². The lowest BCUT2D eigenvalue weighted by molar-refractivity contribution is 0.0277. The number of hydrogen-bond donors (Lipinski definition) is 0. The molecule has 0 saturated carbocycles. The Labute approximate surface area is 218 Å². The summed E-state index contributed by atoms with van der Waals surface area (Å²) in [6, 6.07) is 10.6. The van der Waals surface area contributed by atoms with Gasteiger partial charge in [0.1, 0.15) is 11.1 Å². The summed E-state index contributed by atoms with van der Waals surface area (Å²) >= 11 is 0. The molecule has 9 heteroatoms. The van der Waals surface area contributed by atoms with Crippen LogP contribution >= 0.6 is 0 Å². The molecule has 4 heterocycles. The van der Waals surface area contributed by atoms with Crippen LogP contribution < -0.4 is 9.80 Å². The van der Waals surface area contributed by atoms with Crippen molar-refractivity contribution >= 4 is 28.6 Å². The zero-order valence-electron chi connectivity index (χ0n) is 22.2. The van der Waals surface area contributed by atoms with E-state index in [9.17, 15) is 4.79 Å². The van der Waals surface area contributed by atoms with Gasteiger partial charge in [0.05, 0.1) is 24.4 Å². The quantitative estimate of drug-likeness (QED) is 0.511. The van der Waals surface area contributed by atoms with E-state index in [-0.39, 0.29) is 6.09 Å². The van der Waals surface area contributed by atoms with Crippen molar-refractivity contribution in [1.29, 1.82) is 0 Å². The molecule has 1 atom stereocenters. The topological polar surface area (TPSA) is 83.9 Å². The summed E-state index contributed by atoms with van der Waals surface area (Å²) in [5.74, 6) is 1.17. The highest BCUT2D eigenvalue weighted by Crippen LogP contribution is 2.32. The number of carbonyl (C=O) groups excluding carboxylic acids is 1. The number of amides is 1. The maximum atomic E-state index is 12.4. The van der Waals surface area contributed by atoms with Crippen molar-refractivity contribution in [2.75, 3.05) is 62.8 Å². The summed E-state index contributed by atoms with van der Waals surface area (Å²) < 4.78 is 11.0. The first-order valence-corrected chi connectivity index (χ1v) is 13.0. The zero-order valence-corrected chi connectivity index (χ0v) is 22.2. The van der Waals surface area contributed by atoms with Gasteiger partial charge in [-0.15, -0.1) is 0 Å². The molecule has 2 aliphatic heterocycles. The van der Waals surface area contributed by atoms with Crippen molar-refractivity contribution in [1.82, 2.24) is 19.9 Å². The van der Waals surface area contributed by atoms with Crippen LogP contribution in [0.15, 0.2) is 42.7 Å². The third kappa shape index (κ3) is 5.93. The molecule has 1 aromatic carbocycles. The molecule has 2 aromatic heterocycles. The molecular weight excluding hydrogens is 468 g/mol. The third-order valence-corrected chi connectivity index (χ3v) is 6.80. The van der Waals surface area contributed by atoms with E-state index in [1.54, 1.807) is 24.3 Å². The van der Waals surface area contributed by atoms with Gasteiger partial charge in [0.25, 0.3) is 0 Å². The predicted octanol–water partition coefficient (Wildman–Crippen LogP) is 4.22. The number of aromatic nitrogens is 3. The molecule has 0 bridgehead atoms. The van der Waals surface area contributed by atoms with Gasteiger partial charge in [-0.1, -0.05) is 12.1 Å². The van der Waals surface area contributed by atoms with Crippen LogP contribution in [0, 0.1) is 5.92 Å². The van der Waals surface area contributed by atoms with Crippen molar-refractivity contribution in [2.45, 2.75) is 32.8 Å². The second kappa shape index (κ2) is 10.5. The molecule has 0 spiro atoms. The van der Waals surface area contributed by atoms with Gasteiger partial charge in [0.15, 0.2) is 5.82 Å². The van der Waals surface area contributed by atoms with E-state index in [0.29, 0.717) is 12.5 Å². The monoisotopic (exact) mass is 504 g/mol. The molecule has 0 aliphatic carbocycles. The Morgan fingerprint density at radius 1 is 1.08 bits per heavy atom. The summed E-state index contributed by atoms with van der Waals surface area (Å²) in [6.07, 6.45) is 4.12. The maximum absolute atomic E-state index is 12.4. The van der Waals surface area contributed by atoms with Crippen molar-refractivity contribution in [2.24, 2.45) is 5.92 Å². The maximum Gasteiger partial charge on any atom is 0.410 e. The van der Waals surface area contributed by atoms with Crippen LogP contribution in [0.25, 0.3) is 22.3 Å². The van der Waals surface area contributed by atoms with Crippen LogP contribution in [-0.4, -0.2) is 84.5 Å². The third-order valence-electron chi connectivity index (χ3n) is 6.80. The number of nitrogens with zero attached hydrogens (tertiary/aromatic N) is 6. The first-order chi connectivity index (χ1) is 17.8. The number of fused-ring (bicyclic) bond motifs is 1. The van der Waals surface area contributed by atoms with Crippen LogP contribution in [0.4, 0.5) is 16.3 Å². The number of morpholine rings is 1. The second-order valence-corrected chi connectivity index (χ2v) is 10.9. The minimum absolute atomic E-state index is 0.289. The molecule has 0 N–H and O–H groups in total. The lowest BCUT2D eigenvalue weighted by atomic mass is 10.1. The van der Waals surface area contributed by atoms with Gasteiger partial charge in [-0.05, 0) is 51.3 Å². The highest BCUT2D eigenvalue weighted by molar-refractivity contribution is 5.89.